The Balaban J connectivity index is 1.87. The number of ether oxygens (including phenoxy) is 1. The van der Waals surface area contributed by atoms with Crippen LogP contribution in [0.15, 0.2) is 17.6 Å². The van der Waals surface area contributed by atoms with Crippen molar-refractivity contribution in [2.75, 3.05) is 6.61 Å². The highest BCUT2D eigenvalue weighted by molar-refractivity contribution is 7.09. The van der Waals surface area contributed by atoms with Crippen molar-refractivity contribution in [3.8, 4) is 11.3 Å². The summed E-state index contributed by atoms with van der Waals surface area (Å²) in [6.07, 6.45) is 3.59. The van der Waals surface area contributed by atoms with Crippen LogP contribution in [-0.2, 0) is 9.53 Å². The van der Waals surface area contributed by atoms with E-state index in [2.05, 4.69) is 22.2 Å². The highest BCUT2D eigenvalue weighted by atomic mass is 32.1. The first-order valence-electron chi connectivity index (χ1n) is 7.57. The molecule has 0 radical (unpaired) electrons. The third kappa shape index (κ3) is 4.92. The first kappa shape index (κ1) is 17.2. The molecule has 2 N–H and O–H groups in total. The Morgan fingerprint density at radius 1 is 1.48 bits per heavy atom. The third-order valence-electron chi connectivity index (χ3n) is 3.28. The van der Waals surface area contributed by atoms with Gasteiger partial charge in [0.25, 0.3) is 5.91 Å². The van der Waals surface area contributed by atoms with Crippen molar-refractivity contribution in [3.63, 3.8) is 0 Å². The molecule has 2 aromatic heterocycles. The summed E-state index contributed by atoms with van der Waals surface area (Å²) in [5, 5.41) is 5.67. The fourth-order valence-electron chi connectivity index (χ4n) is 2.19. The van der Waals surface area contributed by atoms with Gasteiger partial charge in [-0.3, -0.25) is 4.79 Å². The minimum absolute atomic E-state index is 0.0798. The molecule has 2 rings (SSSR count). The monoisotopic (exact) mass is 335 g/mol. The number of nitrogens with zero attached hydrogens (tertiary/aromatic N) is 1. The molecule has 0 saturated carbocycles. The number of aromatic nitrogens is 2. The Kier molecular flexibility index (Phi) is 5.92. The van der Waals surface area contributed by atoms with Gasteiger partial charge in [0.05, 0.1) is 10.7 Å². The van der Waals surface area contributed by atoms with E-state index >= 15 is 0 Å². The lowest BCUT2D eigenvalue weighted by atomic mass is 10.2. The van der Waals surface area contributed by atoms with Crippen LogP contribution in [0.1, 0.15) is 42.2 Å². The van der Waals surface area contributed by atoms with E-state index in [0.29, 0.717) is 5.69 Å². The van der Waals surface area contributed by atoms with Gasteiger partial charge in [0, 0.05) is 23.2 Å². The number of amides is 1. The Morgan fingerprint density at radius 3 is 2.91 bits per heavy atom. The van der Waals surface area contributed by atoms with Crippen LogP contribution in [-0.4, -0.2) is 34.5 Å². The zero-order valence-electron chi connectivity index (χ0n) is 13.5. The van der Waals surface area contributed by atoms with Gasteiger partial charge in [0.1, 0.15) is 5.69 Å². The number of nitrogens with one attached hydrogen (secondary N) is 2. The highest BCUT2D eigenvalue weighted by Gasteiger charge is 2.14. The minimum Gasteiger partial charge on any atom is -0.451 e. The normalized spacial score (nSPS) is 12.0. The van der Waals surface area contributed by atoms with Gasteiger partial charge in [-0.1, -0.05) is 13.3 Å². The van der Waals surface area contributed by atoms with Crippen LogP contribution in [0.25, 0.3) is 11.3 Å². The summed E-state index contributed by atoms with van der Waals surface area (Å²) < 4.78 is 5.02. The number of aryl methyl sites for hydroxylation is 1. The molecule has 124 valence electrons. The molecule has 0 aliphatic rings. The number of hydrogen-bond donors (Lipinski definition) is 2. The van der Waals surface area contributed by atoms with E-state index in [1.807, 2.05) is 19.2 Å². The van der Waals surface area contributed by atoms with Gasteiger partial charge in [-0.25, -0.2) is 9.78 Å². The zero-order valence-corrected chi connectivity index (χ0v) is 14.3. The van der Waals surface area contributed by atoms with Crippen LogP contribution in [0.5, 0.6) is 0 Å². The smallest absolute Gasteiger partial charge is 0.355 e. The van der Waals surface area contributed by atoms with E-state index in [1.165, 1.54) is 0 Å². The molecule has 1 amide bonds. The van der Waals surface area contributed by atoms with Gasteiger partial charge in [0.15, 0.2) is 6.61 Å². The fraction of sp³-hybridized carbons (Fsp3) is 0.438. The molecule has 1 atom stereocenters. The van der Waals surface area contributed by atoms with Crippen molar-refractivity contribution in [3.05, 3.63) is 28.3 Å². The first-order valence-corrected chi connectivity index (χ1v) is 8.45. The molecular formula is C16H21N3O3S. The van der Waals surface area contributed by atoms with Crippen molar-refractivity contribution in [1.82, 2.24) is 15.3 Å². The quantitative estimate of drug-likeness (QED) is 0.762. The highest BCUT2D eigenvalue weighted by Crippen LogP contribution is 2.22. The van der Waals surface area contributed by atoms with E-state index in [-0.39, 0.29) is 18.6 Å². The maximum Gasteiger partial charge on any atom is 0.355 e. The number of H-pyrrole nitrogens is 1. The van der Waals surface area contributed by atoms with Crippen molar-refractivity contribution >= 4 is 23.2 Å². The average molecular weight is 335 g/mol. The molecule has 2 aromatic rings. The van der Waals surface area contributed by atoms with E-state index in [0.717, 1.165) is 29.1 Å². The van der Waals surface area contributed by atoms with Gasteiger partial charge < -0.3 is 15.0 Å². The lowest BCUT2D eigenvalue weighted by Crippen LogP contribution is -2.35. The fourth-order valence-corrected chi connectivity index (χ4v) is 2.81. The van der Waals surface area contributed by atoms with Crippen molar-refractivity contribution in [2.45, 2.75) is 39.7 Å². The van der Waals surface area contributed by atoms with Crippen LogP contribution < -0.4 is 5.32 Å². The van der Waals surface area contributed by atoms with Crippen LogP contribution in [0.3, 0.4) is 0 Å². The summed E-state index contributed by atoms with van der Waals surface area (Å²) in [5.74, 6) is -0.845. The molecule has 0 fully saturated rings. The molecule has 1 unspecified atom stereocenters. The second-order valence-electron chi connectivity index (χ2n) is 5.39. The number of thiazole rings is 1. The van der Waals surface area contributed by atoms with E-state index < -0.39 is 5.97 Å². The Labute approximate surface area is 139 Å². The van der Waals surface area contributed by atoms with Crippen LogP contribution in [0, 0.1) is 6.92 Å². The molecular weight excluding hydrogens is 314 g/mol. The SMILES string of the molecule is CCCC(C)NC(=O)COC(=O)c1cc(-c2csc(C)n2)c[nH]1. The molecule has 7 heteroatoms. The van der Waals surface area contributed by atoms with Crippen molar-refractivity contribution in [1.29, 1.82) is 0 Å². The second-order valence-corrected chi connectivity index (χ2v) is 6.45. The molecule has 0 spiro atoms. The maximum absolute atomic E-state index is 12.0. The van der Waals surface area contributed by atoms with E-state index in [4.69, 9.17) is 4.74 Å². The number of esters is 1. The third-order valence-corrected chi connectivity index (χ3v) is 4.05. The molecule has 0 aliphatic heterocycles. The predicted molar refractivity (Wildman–Crippen MR) is 89.4 cm³/mol. The average Bonchev–Trinajstić information content (AvgIpc) is 3.13. The number of carbonyl (C=O) groups is 2. The number of rotatable bonds is 7. The Bertz CT molecular complexity index is 678. The molecule has 6 nitrogen and oxygen atoms in total. The predicted octanol–water partition coefficient (Wildman–Crippen LogP) is 2.91. The molecule has 0 aromatic carbocycles. The summed E-state index contributed by atoms with van der Waals surface area (Å²) in [4.78, 5) is 30.9. The van der Waals surface area contributed by atoms with Gasteiger partial charge in [-0.05, 0) is 26.3 Å². The lowest BCUT2D eigenvalue weighted by Gasteiger charge is -2.12. The summed E-state index contributed by atoms with van der Waals surface area (Å²) in [5.41, 5.74) is 1.94. The van der Waals surface area contributed by atoms with Crippen LogP contribution in [0.4, 0.5) is 0 Å². The standard InChI is InChI=1S/C16H21N3O3S/c1-4-5-10(2)18-15(20)8-22-16(21)13-6-12(7-17-13)14-9-23-11(3)19-14/h6-7,9-10,17H,4-5,8H2,1-3H3,(H,18,20). The number of aromatic amines is 1. The first-order chi connectivity index (χ1) is 11.0. The maximum atomic E-state index is 12.0. The number of hydrogen-bond acceptors (Lipinski definition) is 5. The minimum atomic E-state index is -0.554. The second kappa shape index (κ2) is 7.92. The largest absolute Gasteiger partial charge is 0.451 e. The zero-order chi connectivity index (χ0) is 16.8. The van der Waals surface area contributed by atoms with Crippen LogP contribution in [0.2, 0.25) is 0 Å². The van der Waals surface area contributed by atoms with Gasteiger partial charge in [0.2, 0.25) is 0 Å². The Hall–Kier alpha value is -2.15. The summed E-state index contributed by atoms with van der Waals surface area (Å²) in [6.45, 7) is 5.62. The topological polar surface area (TPSA) is 84.1 Å². The van der Waals surface area contributed by atoms with Crippen LogP contribution >= 0.6 is 11.3 Å². The van der Waals surface area contributed by atoms with Gasteiger partial charge >= 0.3 is 5.97 Å². The van der Waals surface area contributed by atoms with Crippen molar-refractivity contribution < 1.29 is 14.3 Å². The Morgan fingerprint density at radius 2 is 2.26 bits per heavy atom. The lowest BCUT2D eigenvalue weighted by molar-refractivity contribution is -0.124. The molecule has 0 aliphatic carbocycles. The molecule has 2 heterocycles. The van der Waals surface area contributed by atoms with Gasteiger partial charge in [-0.15, -0.1) is 11.3 Å². The molecule has 0 saturated heterocycles. The van der Waals surface area contributed by atoms with E-state index in [9.17, 15) is 9.59 Å². The van der Waals surface area contributed by atoms with Crippen molar-refractivity contribution in [2.24, 2.45) is 0 Å². The van der Waals surface area contributed by atoms with Gasteiger partial charge in [-0.2, -0.15) is 0 Å². The van der Waals surface area contributed by atoms with E-state index in [1.54, 1.807) is 23.6 Å². The summed E-state index contributed by atoms with van der Waals surface area (Å²) in [7, 11) is 0. The summed E-state index contributed by atoms with van der Waals surface area (Å²) in [6, 6.07) is 1.75. The molecule has 0 bridgehead atoms. The number of carbonyl (C=O) groups excluding carboxylic acids is 2. The molecule has 23 heavy (non-hydrogen) atoms. The summed E-state index contributed by atoms with van der Waals surface area (Å²) >= 11 is 1.55.